The molecule has 1 N–H and O–H groups in total. The summed E-state index contributed by atoms with van der Waals surface area (Å²) in [4.78, 5) is 5.77. The molecule has 0 saturated heterocycles. The lowest BCUT2D eigenvalue weighted by Crippen LogP contribution is -2.19. The van der Waals surface area contributed by atoms with Gasteiger partial charge in [-0.15, -0.1) is 11.3 Å². The van der Waals surface area contributed by atoms with Crippen molar-refractivity contribution in [2.24, 2.45) is 0 Å². The van der Waals surface area contributed by atoms with Crippen LogP contribution in [0, 0.1) is 19.7 Å². The number of ether oxygens (including phenoxy) is 1. The number of benzene rings is 1. The molecule has 20 heavy (non-hydrogen) atoms. The van der Waals surface area contributed by atoms with Gasteiger partial charge >= 0.3 is 0 Å². The average molecular weight is 294 g/mol. The van der Waals surface area contributed by atoms with Crippen LogP contribution in [0.15, 0.2) is 18.2 Å². The van der Waals surface area contributed by atoms with Crippen molar-refractivity contribution in [2.75, 3.05) is 14.2 Å². The molecule has 0 aliphatic rings. The maximum Gasteiger partial charge on any atom is 0.165 e. The Morgan fingerprint density at radius 1 is 1.40 bits per heavy atom. The Bertz CT molecular complexity index is 578. The van der Waals surface area contributed by atoms with E-state index in [1.54, 1.807) is 17.4 Å². The number of hydrogen-bond acceptors (Lipinski definition) is 4. The highest BCUT2D eigenvalue weighted by Gasteiger charge is 2.15. The molecule has 0 spiro atoms. The Morgan fingerprint density at radius 2 is 2.15 bits per heavy atom. The van der Waals surface area contributed by atoms with Crippen LogP contribution in [-0.4, -0.2) is 19.1 Å². The van der Waals surface area contributed by atoms with Crippen LogP contribution in [0.25, 0.3) is 0 Å². The summed E-state index contributed by atoms with van der Waals surface area (Å²) >= 11 is 1.70. The van der Waals surface area contributed by atoms with E-state index in [-0.39, 0.29) is 17.6 Å². The first kappa shape index (κ1) is 14.9. The fraction of sp³-hybridized carbons (Fsp3) is 0.400. The van der Waals surface area contributed by atoms with Crippen LogP contribution in [-0.2, 0) is 6.42 Å². The fourth-order valence-electron chi connectivity index (χ4n) is 2.09. The number of nitrogens with zero attached hydrogens (tertiary/aromatic N) is 1. The topological polar surface area (TPSA) is 34.2 Å². The molecule has 1 heterocycles. The zero-order valence-electron chi connectivity index (χ0n) is 12.2. The summed E-state index contributed by atoms with van der Waals surface area (Å²) in [5.74, 6) is -0.0682. The van der Waals surface area contributed by atoms with Crippen LogP contribution < -0.4 is 10.1 Å². The van der Waals surface area contributed by atoms with Gasteiger partial charge in [-0.3, -0.25) is 0 Å². The number of thiazole rings is 1. The van der Waals surface area contributed by atoms with Crippen LogP contribution in [0.3, 0.4) is 0 Å². The van der Waals surface area contributed by atoms with E-state index in [1.165, 1.54) is 18.1 Å². The molecule has 5 heteroatoms. The van der Waals surface area contributed by atoms with Gasteiger partial charge in [-0.25, -0.2) is 9.37 Å². The second-order valence-corrected chi connectivity index (χ2v) is 5.98. The van der Waals surface area contributed by atoms with E-state index in [4.69, 9.17) is 4.74 Å². The number of halogens is 1. The van der Waals surface area contributed by atoms with Gasteiger partial charge in [0.2, 0.25) is 0 Å². The fourth-order valence-corrected chi connectivity index (χ4v) is 3.07. The average Bonchev–Trinajstić information content (AvgIpc) is 2.74. The number of rotatable bonds is 5. The first-order chi connectivity index (χ1) is 9.55. The molecule has 0 aliphatic carbocycles. The van der Waals surface area contributed by atoms with Crippen LogP contribution in [0.2, 0.25) is 0 Å². The highest BCUT2D eigenvalue weighted by atomic mass is 32.1. The minimum absolute atomic E-state index is 0.0420. The van der Waals surface area contributed by atoms with E-state index in [0.717, 1.165) is 22.7 Å². The minimum atomic E-state index is -0.336. The van der Waals surface area contributed by atoms with Gasteiger partial charge in [0.15, 0.2) is 11.6 Å². The molecule has 0 bridgehead atoms. The molecule has 2 rings (SSSR count). The van der Waals surface area contributed by atoms with Crippen molar-refractivity contribution in [3.05, 3.63) is 45.2 Å². The first-order valence-electron chi connectivity index (χ1n) is 6.48. The summed E-state index contributed by atoms with van der Waals surface area (Å²) < 4.78 is 18.7. The number of hydrogen-bond donors (Lipinski definition) is 1. The van der Waals surface area contributed by atoms with Gasteiger partial charge in [-0.05, 0) is 38.6 Å². The Kier molecular flexibility index (Phi) is 4.73. The van der Waals surface area contributed by atoms with Crippen molar-refractivity contribution in [2.45, 2.75) is 26.3 Å². The first-order valence-corrected chi connectivity index (χ1v) is 7.30. The van der Waals surface area contributed by atoms with Crippen molar-refractivity contribution in [3.63, 3.8) is 0 Å². The standard InChI is InChI=1S/C15H19FN2OS/c1-9-10(2)20-15(18-9)8-13(17-3)11-5-6-14(19-4)12(16)7-11/h5-7,13,17H,8H2,1-4H3. The number of aryl methyl sites for hydroxylation is 2. The van der Waals surface area contributed by atoms with E-state index in [9.17, 15) is 4.39 Å². The van der Waals surface area contributed by atoms with E-state index >= 15 is 0 Å². The molecule has 2 aromatic rings. The largest absolute Gasteiger partial charge is 0.494 e. The van der Waals surface area contributed by atoms with Gasteiger partial charge in [0.25, 0.3) is 0 Å². The smallest absolute Gasteiger partial charge is 0.165 e. The lowest BCUT2D eigenvalue weighted by Gasteiger charge is -2.16. The highest BCUT2D eigenvalue weighted by molar-refractivity contribution is 7.11. The highest BCUT2D eigenvalue weighted by Crippen LogP contribution is 2.26. The van der Waals surface area contributed by atoms with Crippen molar-refractivity contribution in [3.8, 4) is 5.75 Å². The van der Waals surface area contributed by atoms with Crippen molar-refractivity contribution in [1.82, 2.24) is 10.3 Å². The van der Waals surface area contributed by atoms with Crippen molar-refractivity contribution in [1.29, 1.82) is 0 Å². The summed E-state index contributed by atoms with van der Waals surface area (Å²) in [5.41, 5.74) is 1.97. The van der Waals surface area contributed by atoms with Crippen LogP contribution >= 0.6 is 11.3 Å². The summed E-state index contributed by atoms with van der Waals surface area (Å²) in [6, 6.07) is 5.11. The number of nitrogens with one attached hydrogen (secondary N) is 1. The third-order valence-corrected chi connectivity index (χ3v) is 4.47. The third kappa shape index (κ3) is 3.16. The predicted molar refractivity (Wildman–Crippen MR) is 80.0 cm³/mol. The Hall–Kier alpha value is -1.46. The SMILES string of the molecule is CNC(Cc1nc(C)c(C)s1)c1ccc(OC)c(F)c1. The second kappa shape index (κ2) is 6.33. The van der Waals surface area contributed by atoms with Gasteiger partial charge in [-0.2, -0.15) is 0 Å². The summed E-state index contributed by atoms with van der Waals surface area (Å²) in [6.45, 7) is 4.08. The molecule has 0 amide bonds. The Morgan fingerprint density at radius 3 is 2.65 bits per heavy atom. The molecule has 1 aromatic carbocycles. The predicted octanol–water partition coefficient (Wildman–Crippen LogP) is 3.41. The van der Waals surface area contributed by atoms with E-state index in [0.29, 0.717) is 0 Å². The van der Waals surface area contributed by atoms with Gasteiger partial charge in [0.1, 0.15) is 0 Å². The van der Waals surface area contributed by atoms with E-state index in [1.807, 2.05) is 20.0 Å². The molecule has 1 atom stereocenters. The minimum Gasteiger partial charge on any atom is -0.494 e. The molecular weight excluding hydrogens is 275 g/mol. The lowest BCUT2D eigenvalue weighted by atomic mass is 10.0. The summed E-state index contributed by atoms with van der Waals surface area (Å²) in [5, 5.41) is 4.28. The van der Waals surface area contributed by atoms with Gasteiger partial charge in [-0.1, -0.05) is 6.07 Å². The van der Waals surface area contributed by atoms with Crippen LogP contribution in [0.4, 0.5) is 4.39 Å². The third-order valence-electron chi connectivity index (χ3n) is 3.38. The van der Waals surface area contributed by atoms with Gasteiger partial charge < -0.3 is 10.1 Å². The summed E-state index contributed by atoms with van der Waals surface area (Å²) in [6.07, 6.45) is 0.752. The number of methoxy groups -OCH3 is 1. The normalized spacial score (nSPS) is 12.4. The molecule has 0 radical (unpaired) electrons. The molecule has 1 aromatic heterocycles. The van der Waals surface area contributed by atoms with Gasteiger partial charge in [0, 0.05) is 17.3 Å². The molecular formula is C15H19FN2OS. The number of aromatic nitrogens is 1. The van der Waals surface area contributed by atoms with Gasteiger partial charge in [0.05, 0.1) is 17.8 Å². The second-order valence-electron chi connectivity index (χ2n) is 4.69. The Balaban J connectivity index is 2.21. The maximum atomic E-state index is 13.8. The molecule has 0 fully saturated rings. The van der Waals surface area contributed by atoms with Crippen LogP contribution in [0.1, 0.15) is 27.2 Å². The molecule has 3 nitrogen and oxygen atoms in total. The summed E-state index contributed by atoms with van der Waals surface area (Å²) in [7, 11) is 3.34. The lowest BCUT2D eigenvalue weighted by molar-refractivity contribution is 0.385. The molecule has 108 valence electrons. The number of likely N-dealkylation sites (N-methyl/N-ethyl adjacent to an activating group) is 1. The molecule has 1 unspecified atom stereocenters. The van der Waals surface area contributed by atoms with E-state index in [2.05, 4.69) is 17.2 Å². The Labute approximate surface area is 122 Å². The monoisotopic (exact) mass is 294 g/mol. The zero-order chi connectivity index (χ0) is 14.7. The molecule has 0 saturated carbocycles. The maximum absolute atomic E-state index is 13.8. The van der Waals surface area contributed by atoms with E-state index < -0.39 is 0 Å². The van der Waals surface area contributed by atoms with Crippen LogP contribution in [0.5, 0.6) is 5.75 Å². The molecule has 0 aliphatic heterocycles. The zero-order valence-corrected chi connectivity index (χ0v) is 13.0. The quantitative estimate of drug-likeness (QED) is 0.917. The van der Waals surface area contributed by atoms with Crippen molar-refractivity contribution >= 4 is 11.3 Å². The van der Waals surface area contributed by atoms with Crippen molar-refractivity contribution < 1.29 is 9.13 Å².